The molecule has 1 heterocycles. The molecule has 1 aliphatic heterocycles. The van der Waals surface area contributed by atoms with Crippen molar-refractivity contribution in [2.45, 2.75) is 30.7 Å². The molecule has 0 amide bonds. The van der Waals surface area contributed by atoms with Crippen LogP contribution in [0.5, 0.6) is 0 Å². The molecular formula is C12H16OSe. The van der Waals surface area contributed by atoms with E-state index in [0.29, 0.717) is 25.9 Å². The van der Waals surface area contributed by atoms with Gasteiger partial charge in [-0.3, -0.25) is 0 Å². The molecule has 1 aliphatic rings. The second-order valence-electron chi connectivity index (χ2n) is 3.69. The van der Waals surface area contributed by atoms with Gasteiger partial charge in [0.15, 0.2) is 0 Å². The Balaban J connectivity index is 1.90. The number of hydrogen-bond acceptors (Lipinski definition) is 1. The van der Waals surface area contributed by atoms with Gasteiger partial charge >= 0.3 is 91.8 Å². The van der Waals surface area contributed by atoms with Crippen LogP contribution in [-0.4, -0.2) is 27.7 Å². The molecule has 2 heteroatoms. The van der Waals surface area contributed by atoms with Gasteiger partial charge in [0.2, 0.25) is 0 Å². The average molecular weight is 255 g/mol. The first-order valence-electron chi connectivity index (χ1n) is 5.19. The second-order valence-corrected chi connectivity index (χ2v) is 6.73. The van der Waals surface area contributed by atoms with Crippen LogP contribution in [-0.2, 0) is 4.74 Å². The van der Waals surface area contributed by atoms with Crippen molar-refractivity contribution >= 4 is 19.4 Å². The molecule has 0 radical (unpaired) electrons. The van der Waals surface area contributed by atoms with Gasteiger partial charge in [-0.1, -0.05) is 0 Å². The van der Waals surface area contributed by atoms with E-state index in [1.54, 1.807) is 0 Å². The molecule has 0 N–H and O–H groups in total. The molecule has 0 bridgehead atoms. The first kappa shape index (κ1) is 10.2. The summed E-state index contributed by atoms with van der Waals surface area (Å²) in [6, 6.07) is 10.8. The number of hydrogen-bond donors (Lipinski definition) is 0. The maximum atomic E-state index is 5.70. The molecule has 2 rings (SSSR count). The van der Waals surface area contributed by atoms with Crippen LogP contribution < -0.4 is 4.46 Å². The van der Waals surface area contributed by atoms with Crippen LogP contribution in [0.1, 0.15) is 19.8 Å². The molecular weight excluding hydrogens is 239 g/mol. The maximum absolute atomic E-state index is 5.70. The Morgan fingerprint density at radius 2 is 2.14 bits per heavy atom. The predicted octanol–water partition coefficient (Wildman–Crippen LogP) is 2.00. The van der Waals surface area contributed by atoms with Gasteiger partial charge in [0, 0.05) is 0 Å². The molecule has 0 saturated carbocycles. The van der Waals surface area contributed by atoms with Crippen molar-refractivity contribution in [3.05, 3.63) is 30.3 Å². The molecule has 76 valence electrons. The Labute approximate surface area is 92.0 Å². The Kier molecular flexibility index (Phi) is 3.63. The van der Waals surface area contributed by atoms with E-state index < -0.39 is 0 Å². The molecule has 1 saturated heterocycles. The number of ether oxygens (including phenoxy) is 1. The van der Waals surface area contributed by atoms with Gasteiger partial charge < -0.3 is 0 Å². The van der Waals surface area contributed by atoms with Gasteiger partial charge in [-0.25, -0.2) is 0 Å². The standard InChI is InChI=1S/C12H16OSe/c1-10(12-8-5-9-13-12)14-11-6-3-2-4-7-11/h2-4,6-7,10,12H,5,8-9H2,1H3/t10-,12+/m1/s1. The fraction of sp³-hybridized carbons (Fsp3) is 0.500. The van der Waals surface area contributed by atoms with Gasteiger partial charge in [-0.2, -0.15) is 0 Å². The van der Waals surface area contributed by atoms with Gasteiger partial charge in [0.1, 0.15) is 0 Å². The summed E-state index contributed by atoms with van der Waals surface area (Å²) in [6.07, 6.45) is 3.03. The molecule has 0 unspecified atom stereocenters. The summed E-state index contributed by atoms with van der Waals surface area (Å²) in [6.45, 7) is 3.29. The molecule has 1 aromatic carbocycles. The predicted molar refractivity (Wildman–Crippen MR) is 60.2 cm³/mol. The van der Waals surface area contributed by atoms with Gasteiger partial charge in [0.25, 0.3) is 0 Å². The van der Waals surface area contributed by atoms with Crippen molar-refractivity contribution in [2.75, 3.05) is 6.61 Å². The number of benzene rings is 1. The Morgan fingerprint density at radius 3 is 2.79 bits per heavy atom. The van der Waals surface area contributed by atoms with Crippen LogP contribution in [0.2, 0.25) is 4.82 Å². The molecule has 1 fully saturated rings. The zero-order valence-electron chi connectivity index (χ0n) is 8.48. The van der Waals surface area contributed by atoms with Crippen LogP contribution in [0.15, 0.2) is 30.3 Å². The second kappa shape index (κ2) is 4.97. The van der Waals surface area contributed by atoms with Crippen molar-refractivity contribution in [2.24, 2.45) is 0 Å². The zero-order chi connectivity index (χ0) is 9.80. The summed E-state index contributed by atoms with van der Waals surface area (Å²) in [4.78, 5) is 0.715. The quantitative estimate of drug-likeness (QED) is 0.751. The van der Waals surface area contributed by atoms with Crippen LogP contribution >= 0.6 is 0 Å². The van der Waals surface area contributed by atoms with Gasteiger partial charge in [-0.05, 0) is 0 Å². The third kappa shape index (κ3) is 2.60. The van der Waals surface area contributed by atoms with E-state index in [4.69, 9.17) is 4.74 Å². The molecule has 2 atom stereocenters. The van der Waals surface area contributed by atoms with Crippen LogP contribution in [0.25, 0.3) is 0 Å². The summed E-state index contributed by atoms with van der Waals surface area (Å²) >= 11 is 0.566. The Morgan fingerprint density at radius 1 is 1.36 bits per heavy atom. The van der Waals surface area contributed by atoms with Crippen molar-refractivity contribution in [1.82, 2.24) is 0 Å². The average Bonchev–Trinajstić information content (AvgIpc) is 2.72. The third-order valence-electron chi connectivity index (χ3n) is 2.55. The van der Waals surface area contributed by atoms with Crippen LogP contribution in [0.4, 0.5) is 0 Å². The summed E-state index contributed by atoms with van der Waals surface area (Å²) in [5.74, 6) is 0. The minimum atomic E-state index is 0.523. The van der Waals surface area contributed by atoms with E-state index in [0.717, 1.165) is 6.61 Å². The Bertz CT molecular complexity index is 267. The van der Waals surface area contributed by atoms with E-state index in [9.17, 15) is 0 Å². The summed E-state index contributed by atoms with van der Waals surface area (Å²) in [7, 11) is 0. The van der Waals surface area contributed by atoms with E-state index in [1.807, 2.05) is 0 Å². The molecule has 1 aromatic rings. The van der Waals surface area contributed by atoms with Crippen molar-refractivity contribution in [3.63, 3.8) is 0 Å². The fourth-order valence-corrected chi connectivity index (χ4v) is 4.09. The van der Waals surface area contributed by atoms with E-state index in [-0.39, 0.29) is 0 Å². The Hall–Kier alpha value is -0.301. The van der Waals surface area contributed by atoms with E-state index in [2.05, 4.69) is 37.3 Å². The summed E-state index contributed by atoms with van der Waals surface area (Å²) in [5.41, 5.74) is 0. The van der Waals surface area contributed by atoms with E-state index >= 15 is 0 Å². The number of rotatable bonds is 3. The van der Waals surface area contributed by atoms with E-state index in [1.165, 1.54) is 17.3 Å². The fourth-order valence-electron chi connectivity index (χ4n) is 1.76. The third-order valence-corrected chi connectivity index (χ3v) is 5.11. The SMILES string of the molecule is C[C@@H]([Se]c1ccccc1)[C@@H]1CCCO1. The molecule has 0 aromatic heterocycles. The van der Waals surface area contributed by atoms with Crippen molar-refractivity contribution < 1.29 is 4.74 Å². The van der Waals surface area contributed by atoms with Crippen molar-refractivity contribution in [3.8, 4) is 0 Å². The molecule has 1 nitrogen and oxygen atoms in total. The minimum absolute atomic E-state index is 0.523. The van der Waals surface area contributed by atoms with Crippen LogP contribution in [0, 0.1) is 0 Å². The monoisotopic (exact) mass is 256 g/mol. The summed E-state index contributed by atoms with van der Waals surface area (Å²) in [5, 5.41) is 0. The zero-order valence-corrected chi connectivity index (χ0v) is 10.2. The molecule has 14 heavy (non-hydrogen) atoms. The topological polar surface area (TPSA) is 9.23 Å². The summed E-state index contributed by atoms with van der Waals surface area (Å²) < 4.78 is 7.19. The van der Waals surface area contributed by atoms with Gasteiger partial charge in [0.05, 0.1) is 0 Å². The van der Waals surface area contributed by atoms with Crippen molar-refractivity contribution in [1.29, 1.82) is 0 Å². The first-order valence-corrected chi connectivity index (χ1v) is 7.04. The molecule has 0 spiro atoms. The van der Waals surface area contributed by atoms with Gasteiger partial charge in [-0.15, -0.1) is 0 Å². The van der Waals surface area contributed by atoms with Crippen LogP contribution in [0.3, 0.4) is 0 Å². The first-order chi connectivity index (χ1) is 6.86. The normalized spacial score (nSPS) is 23.6. The molecule has 0 aliphatic carbocycles.